The molecule has 1 aromatic rings. The highest BCUT2D eigenvalue weighted by atomic mass is 16.5. The highest BCUT2D eigenvalue weighted by molar-refractivity contribution is 5.26. The van der Waals surface area contributed by atoms with Crippen molar-refractivity contribution in [1.82, 2.24) is 5.32 Å². The third kappa shape index (κ3) is 4.07. The number of rotatable bonds is 9. The lowest BCUT2D eigenvalue weighted by atomic mass is 9.96. The van der Waals surface area contributed by atoms with Crippen molar-refractivity contribution in [3.8, 4) is 0 Å². The van der Waals surface area contributed by atoms with Crippen molar-refractivity contribution in [2.75, 3.05) is 13.2 Å². The van der Waals surface area contributed by atoms with Gasteiger partial charge < -0.3 is 10.1 Å². The Labute approximate surface area is 123 Å². The summed E-state index contributed by atoms with van der Waals surface area (Å²) in [5.74, 6) is 0.745. The third-order valence-corrected chi connectivity index (χ3v) is 4.08. The number of ether oxygens (including phenoxy) is 1. The summed E-state index contributed by atoms with van der Waals surface area (Å²) in [7, 11) is 0. The van der Waals surface area contributed by atoms with E-state index in [9.17, 15) is 0 Å². The van der Waals surface area contributed by atoms with Crippen LogP contribution in [0.25, 0.3) is 0 Å². The van der Waals surface area contributed by atoms with Gasteiger partial charge in [-0.05, 0) is 49.8 Å². The minimum atomic E-state index is 0.331. The molecule has 0 radical (unpaired) electrons. The molecule has 0 heterocycles. The van der Waals surface area contributed by atoms with Crippen molar-refractivity contribution in [3.05, 3.63) is 35.4 Å². The summed E-state index contributed by atoms with van der Waals surface area (Å²) in [6, 6.07) is 9.46. The molecule has 112 valence electrons. The summed E-state index contributed by atoms with van der Waals surface area (Å²) in [5, 5.41) is 3.63. The zero-order valence-electron chi connectivity index (χ0n) is 13.2. The largest absolute Gasteiger partial charge is 0.376 e. The highest BCUT2D eigenvalue weighted by Gasteiger charge is 2.37. The SMILES string of the molecule is CCCc1ccc(C(NCC)C(OCC)C2CC2)cc1. The Kier molecular flexibility index (Phi) is 6.06. The summed E-state index contributed by atoms with van der Waals surface area (Å²) in [5.41, 5.74) is 2.81. The van der Waals surface area contributed by atoms with Crippen LogP contribution in [0.3, 0.4) is 0 Å². The first kappa shape index (κ1) is 15.5. The van der Waals surface area contributed by atoms with Gasteiger partial charge in [0.2, 0.25) is 0 Å². The van der Waals surface area contributed by atoms with Crippen LogP contribution < -0.4 is 5.32 Å². The van der Waals surface area contributed by atoms with Gasteiger partial charge in [-0.1, -0.05) is 44.5 Å². The molecule has 2 nitrogen and oxygen atoms in total. The maximum absolute atomic E-state index is 6.05. The van der Waals surface area contributed by atoms with E-state index >= 15 is 0 Å². The van der Waals surface area contributed by atoms with Gasteiger partial charge in [0.25, 0.3) is 0 Å². The first-order valence-corrected chi connectivity index (χ1v) is 8.23. The van der Waals surface area contributed by atoms with Crippen molar-refractivity contribution >= 4 is 0 Å². The van der Waals surface area contributed by atoms with Crippen molar-refractivity contribution in [2.45, 2.75) is 58.6 Å². The predicted octanol–water partition coefficient (Wildman–Crippen LogP) is 4.10. The number of nitrogens with one attached hydrogen (secondary N) is 1. The zero-order chi connectivity index (χ0) is 14.4. The Morgan fingerprint density at radius 2 is 1.85 bits per heavy atom. The van der Waals surface area contributed by atoms with E-state index < -0.39 is 0 Å². The summed E-state index contributed by atoms with van der Waals surface area (Å²) >= 11 is 0. The minimum absolute atomic E-state index is 0.331. The van der Waals surface area contributed by atoms with Crippen LogP contribution in [-0.2, 0) is 11.2 Å². The van der Waals surface area contributed by atoms with Gasteiger partial charge in [-0.2, -0.15) is 0 Å². The molecule has 1 N–H and O–H groups in total. The molecule has 2 rings (SSSR count). The second-order valence-corrected chi connectivity index (χ2v) is 5.78. The van der Waals surface area contributed by atoms with E-state index in [-0.39, 0.29) is 0 Å². The topological polar surface area (TPSA) is 21.3 Å². The first-order chi connectivity index (χ1) is 9.80. The molecular formula is C18H29NO. The highest BCUT2D eigenvalue weighted by Crippen LogP contribution is 2.40. The molecule has 1 aliphatic rings. The first-order valence-electron chi connectivity index (χ1n) is 8.23. The average Bonchev–Trinajstić information content (AvgIpc) is 3.29. The molecule has 2 unspecified atom stereocenters. The molecule has 20 heavy (non-hydrogen) atoms. The third-order valence-electron chi connectivity index (χ3n) is 4.08. The predicted molar refractivity (Wildman–Crippen MR) is 85.0 cm³/mol. The van der Waals surface area contributed by atoms with Gasteiger partial charge in [0.05, 0.1) is 12.1 Å². The Morgan fingerprint density at radius 1 is 1.15 bits per heavy atom. The molecule has 0 aliphatic heterocycles. The lowest BCUT2D eigenvalue weighted by Crippen LogP contribution is -2.35. The molecule has 0 aromatic heterocycles. The summed E-state index contributed by atoms with van der Waals surface area (Å²) in [4.78, 5) is 0. The second-order valence-electron chi connectivity index (χ2n) is 5.78. The maximum atomic E-state index is 6.05. The molecule has 0 amide bonds. The number of likely N-dealkylation sites (N-methyl/N-ethyl adjacent to an activating group) is 1. The van der Waals surface area contributed by atoms with Gasteiger partial charge >= 0.3 is 0 Å². The average molecular weight is 275 g/mol. The Bertz CT molecular complexity index is 383. The van der Waals surface area contributed by atoms with Crippen LogP contribution in [0, 0.1) is 5.92 Å². The Morgan fingerprint density at radius 3 is 2.35 bits per heavy atom. The van der Waals surface area contributed by atoms with Crippen molar-refractivity contribution in [2.24, 2.45) is 5.92 Å². The molecular weight excluding hydrogens is 246 g/mol. The summed E-state index contributed by atoms with van der Waals surface area (Å²) in [6.45, 7) is 8.29. The van der Waals surface area contributed by atoms with Crippen LogP contribution in [0.1, 0.15) is 57.2 Å². The van der Waals surface area contributed by atoms with Crippen molar-refractivity contribution < 1.29 is 4.74 Å². The fraction of sp³-hybridized carbons (Fsp3) is 0.667. The summed E-state index contributed by atoms with van der Waals surface area (Å²) in [6.07, 6.45) is 5.35. The van der Waals surface area contributed by atoms with Gasteiger partial charge in [-0.3, -0.25) is 0 Å². The lowest BCUT2D eigenvalue weighted by Gasteiger charge is -2.28. The van der Waals surface area contributed by atoms with Crippen molar-refractivity contribution in [3.63, 3.8) is 0 Å². The normalized spacial score (nSPS) is 17.9. The van der Waals surface area contributed by atoms with Gasteiger partial charge in [-0.25, -0.2) is 0 Å². The number of benzene rings is 1. The molecule has 1 aromatic carbocycles. The fourth-order valence-corrected chi connectivity index (χ4v) is 2.95. The van der Waals surface area contributed by atoms with Gasteiger partial charge in [0.1, 0.15) is 0 Å². The smallest absolute Gasteiger partial charge is 0.0797 e. The molecule has 1 saturated carbocycles. The van der Waals surface area contributed by atoms with Gasteiger partial charge in [-0.15, -0.1) is 0 Å². The van der Waals surface area contributed by atoms with Gasteiger partial charge in [0.15, 0.2) is 0 Å². The van der Waals surface area contributed by atoms with Crippen LogP contribution >= 0.6 is 0 Å². The molecule has 2 heteroatoms. The number of hydrogen-bond acceptors (Lipinski definition) is 2. The molecule has 0 bridgehead atoms. The van der Waals surface area contributed by atoms with E-state index in [1.807, 2.05) is 0 Å². The van der Waals surface area contributed by atoms with Crippen LogP contribution in [0.4, 0.5) is 0 Å². The van der Waals surface area contributed by atoms with E-state index in [4.69, 9.17) is 4.74 Å². The van der Waals surface area contributed by atoms with Crippen LogP contribution in [0.15, 0.2) is 24.3 Å². The zero-order valence-corrected chi connectivity index (χ0v) is 13.2. The standard InChI is InChI=1S/C18H29NO/c1-4-7-14-8-10-15(11-9-14)17(19-5-2)18(20-6-3)16-12-13-16/h8-11,16-19H,4-7,12-13H2,1-3H3. The summed E-state index contributed by atoms with van der Waals surface area (Å²) < 4.78 is 6.05. The van der Waals surface area contributed by atoms with Crippen LogP contribution in [-0.4, -0.2) is 19.3 Å². The van der Waals surface area contributed by atoms with E-state index in [1.54, 1.807) is 0 Å². The Balaban J connectivity index is 2.13. The molecule has 0 saturated heterocycles. The number of aryl methyl sites for hydroxylation is 1. The minimum Gasteiger partial charge on any atom is -0.376 e. The Hall–Kier alpha value is -0.860. The van der Waals surface area contributed by atoms with E-state index in [0.29, 0.717) is 12.1 Å². The monoisotopic (exact) mass is 275 g/mol. The van der Waals surface area contributed by atoms with Crippen LogP contribution in [0.5, 0.6) is 0 Å². The van der Waals surface area contributed by atoms with Gasteiger partial charge in [0, 0.05) is 6.61 Å². The quantitative estimate of drug-likeness (QED) is 0.732. The lowest BCUT2D eigenvalue weighted by molar-refractivity contribution is 0.0189. The fourth-order valence-electron chi connectivity index (χ4n) is 2.95. The van der Waals surface area contributed by atoms with E-state index in [1.165, 1.54) is 36.8 Å². The van der Waals surface area contributed by atoms with Crippen molar-refractivity contribution in [1.29, 1.82) is 0 Å². The van der Waals surface area contributed by atoms with E-state index in [0.717, 1.165) is 19.1 Å². The van der Waals surface area contributed by atoms with E-state index in [2.05, 4.69) is 50.4 Å². The molecule has 0 spiro atoms. The molecule has 1 fully saturated rings. The van der Waals surface area contributed by atoms with Crippen LogP contribution in [0.2, 0.25) is 0 Å². The number of hydrogen-bond donors (Lipinski definition) is 1. The molecule has 1 aliphatic carbocycles. The second kappa shape index (κ2) is 7.80. The maximum Gasteiger partial charge on any atom is 0.0797 e. The molecule has 2 atom stereocenters.